The number of anilines is 1. The van der Waals surface area contributed by atoms with Crippen LogP contribution in [-0.4, -0.2) is 37.7 Å². The molecule has 3 amide bonds. The van der Waals surface area contributed by atoms with Crippen LogP contribution < -0.4 is 14.9 Å². The minimum Gasteiger partial charge on any atom is -0.344 e. The van der Waals surface area contributed by atoms with Crippen molar-refractivity contribution >= 4 is 55.9 Å². The molecule has 200 valence electrons. The van der Waals surface area contributed by atoms with E-state index in [1.165, 1.54) is 6.07 Å². The van der Waals surface area contributed by atoms with Gasteiger partial charge in [-0.25, -0.2) is 4.72 Å². The van der Waals surface area contributed by atoms with Crippen LogP contribution in [0.15, 0.2) is 83.9 Å². The number of nitrogens with one attached hydrogen (secondary N) is 3. The molecule has 0 aliphatic carbocycles. The predicted octanol–water partition coefficient (Wildman–Crippen LogP) is 4.31. The average Bonchev–Trinajstić information content (AvgIpc) is 3.37. The van der Waals surface area contributed by atoms with E-state index >= 15 is 0 Å². The lowest BCUT2D eigenvalue weighted by atomic mass is 10.1. The average molecular weight is 565 g/mol. The van der Waals surface area contributed by atoms with E-state index in [9.17, 15) is 22.8 Å². The number of carbonyl (C=O) groups excluding carboxylic acids is 3. The molecule has 0 bridgehead atoms. The van der Waals surface area contributed by atoms with Gasteiger partial charge in [0, 0.05) is 40.1 Å². The molecule has 39 heavy (non-hydrogen) atoms. The molecule has 1 aliphatic rings. The first-order chi connectivity index (χ1) is 18.7. The summed E-state index contributed by atoms with van der Waals surface area (Å²) in [6, 6.07) is 19.8. The van der Waals surface area contributed by atoms with Crippen molar-refractivity contribution in [2.24, 2.45) is 0 Å². The van der Waals surface area contributed by atoms with Gasteiger partial charge in [-0.1, -0.05) is 48.0 Å². The third-order valence-electron chi connectivity index (χ3n) is 6.52. The summed E-state index contributed by atoms with van der Waals surface area (Å²) in [5, 5.41) is 3.46. The van der Waals surface area contributed by atoms with Crippen molar-refractivity contribution < 1.29 is 22.8 Å². The maximum absolute atomic E-state index is 13.3. The molecule has 0 radical (unpaired) electrons. The summed E-state index contributed by atoms with van der Waals surface area (Å²) < 4.78 is 28.2. The lowest BCUT2D eigenvalue weighted by molar-refractivity contribution is -0.121. The number of H-pyrrole nitrogens is 1. The van der Waals surface area contributed by atoms with E-state index in [-0.39, 0.29) is 16.5 Å². The van der Waals surface area contributed by atoms with Crippen LogP contribution in [-0.2, 0) is 19.6 Å². The highest BCUT2D eigenvalue weighted by Gasteiger charge is 2.29. The fraction of sp³-hybridized carbons (Fsp3) is 0.179. The Kier molecular flexibility index (Phi) is 7.40. The summed E-state index contributed by atoms with van der Waals surface area (Å²) >= 11 is 5.99. The van der Waals surface area contributed by atoms with Crippen molar-refractivity contribution in [2.45, 2.75) is 30.3 Å². The molecule has 9 nitrogen and oxygen atoms in total. The Balaban J connectivity index is 1.36. The number of rotatable bonds is 7. The van der Waals surface area contributed by atoms with Crippen molar-refractivity contribution in [1.29, 1.82) is 0 Å². The zero-order valence-corrected chi connectivity index (χ0v) is 22.3. The molecule has 3 N–H and O–H groups in total. The fourth-order valence-electron chi connectivity index (χ4n) is 4.50. The van der Waals surface area contributed by atoms with E-state index in [0.29, 0.717) is 40.1 Å². The third-order valence-corrected chi connectivity index (χ3v) is 8.02. The number of sulfonamides is 1. The summed E-state index contributed by atoms with van der Waals surface area (Å²) in [5.74, 6) is -1.46. The Bertz CT molecular complexity index is 1650. The minimum atomic E-state index is -4.30. The second kappa shape index (κ2) is 10.9. The van der Waals surface area contributed by atoms with E-state index in [1.54, 1.807) is 77.7 Å². The number of carbonyl (C=O) groups is 3. The van der Waals surface area contributed by atoms with Crippen LogP contribution in [0.3, 0.4) is 0 Å². The monoisotopic (exact) mass is 564 g/mol. The molecule has 5 rings (SSSR count). The van der Waals surface area contributed by atoms with E-state index < -0.39 is 27.9 Å². The molecule has 0 saturated carbocycles. The molecule has 4 aromatic rings. The van der Waals surface area contributed by atoms with Gasteiger partial charge in [-0.05, 0) is 60.9 Å². The first kappa shape index (κ1) is 26.5. The Labute approximate surface area is 230 Å². The highest BCUT2D eigenvalue weighted by Crippen LogP contribution is 2.24. The fourth-order valence-corrected chi connectivity index (χ4v) is 5.69. The Morgan fingerprint density at radius 1 is 0.949 bits per heavy atom. The highest BCUT2D eigenvalue weighted by molar-refractivity contribution is 7.90. The van der Waals surface area contributed by atoms with E-state index in [4.69, 9.17) is 11.6 Å². The molecule has 1 fully saturated rings. The number of aromatic amines is 1. The molecule has 3 aromatic carbocycles. The number of benzene rings is 3. The van der Waals surface area contributed by atoms with Crippen molar-refractivity contribution in [1.82, 2.24) is 15.0 Å². The number of hydrogen-bond donors (Lipinski definition) is 3. The summed E-state index contributed by atoms with van der Waals surface area (Å²) in [5.41, 5.74) is 1.85. The first-order valence-corrected chi connectivity index (χ1v) is 14.2. The van der Waals surface area contributed by atoms with Gasteiger partial charge < -0.3 is 15.2 Å². The molecule has 1 atom stereocenters. The van der Waals surface area contributed by atoms with Gasteiger partial charge >= 0.3 is 0 Å². The van der Waals surface area contributed by atoms with Crippen LogP contribution >= 0.6 is 11.6 Å². The number of hydrogen-bond acceptors (Lipinski definition) is 5. The smallest absolute Gasteiger partial charge is 0.279 e. The van der Waals surface area contributed by atoms with E-state index in [1.807, 2.05) is 0 Å². The molecule has 1 aliphatic heterocycles. The summed E-state index contributed by atoms with van der Waals surface area (Å²) in [7, 11) is -4.30. The van der Waals surface area contributed by atoms with Gasteiger partial charge in [0.25, 0.3) is 21.8 Å². The topological polar surface area (TPSA) is 128 Å². The predicted molar refractivity (Wildman–Crippen MR) is 148 cm³/mol. The van der Waals surface area contributed by atoms with Gasteiger partial charge in [0.15, 0.2) is 5.03 Å². The van der Waals surface area contributed by atoms with Crippen LogP contribution in [0.1, 0.15) is 41.2 Å². The molecular weight excluding hydrogens is 540 g/mol. The lowest BCUT2D eigenvalue weighted by Crippen LogP contribution is -2.42. The molecule has 0 spiro atoms. The Morgan fingerprint density at radius 3 is 2.41 bits per heavy atom. The van der Waals surface area contributed by atoms with Gasteiger partial charge in [-0.3, -0.25) is 14.4 Å². The summed E-state index contributed by atoms with van der Waals surface area (Å²) in [6.45, 7) is 0.624. The van der Waals surface area contributed by atoms with Gasteiger partial charge in [-0.15, -0.1) is 0 Å². The molecule has 1 aromatic heterocycles. The van der Waals surface area contributed by atoms with E-state index in [2.05, 4.69) is 15.0 Å². The van der Waals surface area contributed by atoms with Crippen molar-refractivity contribution in [3.8, 4) is 0 Å². The maximum atomic E-state index is 13.3. The van der Waals surface area contributed by atoms with Gasteiger partial charge in [0.05, 0.1) is 0 Å². The van der Waals surface area contributed by atoms with Gasteiger partial charge in [0.1, 0.15) is 6.04 Å². The molecule has 11 heteroatoms. The zero-order chi connectivity index (χ0) is 27.6. The molecule has 1 unspecified atom stereocenters. The van der Waals surface area contributed by atoms with Crippen LogP contribution in [0.4, 0.5) is 5.69 Å². The van der Waals surface area contributed by atoms with E-state index in [0.717, 1.165) is 12.8 Å². The van der Waals surface area contributed by atoms with Crippen molar-refractivity contribution in [3.05, 3.63) is 95.0 Å². The minimum absolute atomic E-state index is 0.0403. The second-order valence-corrected chi connectivity index (χ2v) is 11.3. The number of fused-ring (bicyclic) bond motifs is 1. The van der Waals surface area contributed by atoms with Gasteiger partial charge in [0.2, 0.25) is 5.91 Å². The standard InChI is InChI=1S/C28H25ClN4O5S/c29-21-12-9-20-16-24(30-23(20)17-21)39(37,38)32-28(36)26(18-6-2-1-3-7-18)31-27(35)19-10-13-22(14-11-19)33-15-5-4-8-25(33)34/h1-3,6-7,9-14,16-17,26,30H,4-5,8,15H2,(H,31,35)(H,32,36). The van der Waals surface area contributed by atoms with Crippen molar-refractivity contribution in [3.63, 3.8) is 0 Å². The molecule has 1 saturated heterocycles. The highest BCUT2D eigenvalue weighted by atomic mass is 35.5. The SMILES string of the molecule is O=C(NC(C(=O)NS(=O)(=O)c1cc2ccc(Cl)cc2[nH]1)c1ccccc1)c1ccc(N2CCCCC2=O)cc1. The van der Waals surface area contributed by atoms with Crippen LogP contribution in [0, 0.1) is 0 Å². The molecular formula is C28H25ClN4O5S. The number of halogens is 1. The van der Waals surface area contributed by atoms with Crippen molar-refractivity contribution in [2.75, 3.05) is 11.4 Å². The summed E-state index contributed by atoms with van der Waals surface area (Å²) in [6.07, 6.45) is 2.27. The second-order valence-electron chi connectivity index (χ2n) is 9.20. The van der Waals surface area contributed by atoms with Crippen LogP contribution in [0.2, 0.25) is 5.02 Å². The number of amides is 3. The number of aromatic nitrogens is 1. The van der Waals surface area contributed by atoms with Crippen LogP contribution in [0.5, 0.6) is 0 Å². The third kappa shape index (κ3) is 5.81. The largest absolute Gasteiger partial charge is 0.344 e. The quantitative estimate of drug-likeness (QED) is 0.308. The number of nitrogens with zero attached hydrogens (tertiary/aromatic N) is 1. The molecule has 2 heterocycles. The Hall–Kier alpha value is -4.15. The van der Waals surface area contributed by atoms with Gasteiger partial charge in [-0.2, -0.15) is 8.42 Å². The first-order valence-electron chi connectivity index (χ1n) is 12.3. The van der Waals surface area contributed by atoms with Crippen LogP contribution in [0.25, 0.3) is 10.9 Å². The normalized spacial score (nSPS) is 14.7. The Morgan fingerprint density at radius 2 is 1.69 bits per heavy atom. The number of piperidine rings is 1. The maximum Gasteiger partial charge on any atom is 0.279 e. The zero-order valence-electron chi connectivity index (χ0n) is 20.7. The summed E-state index contributed by atoms with van der Waals surface area (Å²) in [4.78, 5) is 43.1. The lowest BCUT2D eigenvalue weighted by Gasteiger charge is -2.27.